The number of hydrogen-bond donors (Lipinski definition) is 0. The van der Waals surface area contributed by atoms with E-state index in [2.05, 4.69) is 120 Å². The third-order valence-corrected chi connectivity index (χ3v) is 6.45. The Hall–Kier alpha value is -3.78. The summed E-state index contributed by atoms with van der Waals surface area (Å²) < 4.78 is 4.45. The van der Waals surface area contributed by atoms with Crippen LogP contribution >= 0.6 is 0 Å². The Morgan fingerprint density at radius 2 is 1.10 bits per heavy atom. The van der Waals surface area contributed by atoms with Gasteiger partial charge in [0, 0.05) is 29.8 Å². The molecule has 2 heteroatoms. The van der Waals surface area contributed by atoms with Crippen molar-refractivity contribution in [3.8, 4) is 11.1 Å². The molecule has 0 N–H and O–H groups in total. The normalized spacial score (nSPS) is 11.6. The van der Waals surface area contributed by atoms with E-state index in [1.807, 2.05) is 0 Å². The molecule has 0 bridgehead atoms. The number of aryl methyl sites for hydroxylation is 1. The largest absolute Gasteiger partial charge is 0.205 e. The van der Waals surface area contributed by atoms with Crippen LogP contribution in [0.2, 0.25) is 0 Å². The zero-order valence-electron chi connectivity index (χ0n) is 17.6. The van der Waals surface area contributed by atoms with Crippen LogP contribution in [0.15, 0.2) is 104 Å². The summed E-state index contributed by atoms with van der Waals surface area (Å²) in [7, 11) is 0. The second-order valence-electron chi connectivity index (χ2n) is 8.26. The predicted molar refractivity (Wildman–Crippen MR) is 127 cm³/mol. The molecule has 0 fully saturated rings. The van der Waals surface area contributed by atoms with Gasteiger partial charge >= 0.3 is 0 Å². The number of hydrogen-bond acceptors (Lipinski definition) is 0. The third-order valence-electron chi connectivity index (χ3n) is 6.45. The van der Waals surface area contributed by atoms with E-state index in [0.29, 0.717) is 0 Å². The summed E-state index contributed by atoms with van der Waals surface area (Å²) in [5, 5.41) is 8.07. The van der Waals surface area contributed by atoms with Crippen LogP contribution in [-0.2, 0) is 13.1 Å². The van der Waals surface area contributed by atoms with Crippen LogP contribution in [0, 0.1) is 0 Å². The van der Waals surface area contributed by atoms with Crippen molar-refractivity contribution >= 4 is 32.3 Å². The molecule has 0 unspecified atom stereocenters. The average Bonchev–Trinajstić information content (AvgIpc) is 2.84. The standard InChI is InChI=1S/C29H24N2/c1-2-30-16-12-21(13-17-30)22-14-18-31(19-15-22)20-26-9-8-25-7-6-23-4-3-5-24-10-11-27(26)29(25)28(23)24/h3-19H,2,20H2,1H3/q+2. The molecule has 0 atom stereocenters. The topological polar surface area (TPSA) is 7.76 Å². The first kappa shape index (κ1) is 18.0. The lowest BCUT2D eigenvalue weighted by Gasteiger charge is -2.12. The van der Waals surface area contributed by atoms with Gasteiger partial charge in [0.25, 0.3) is 0 Å². The highest BCUT2D eigenvalue weighted by Gasteiger charge is 2.13. The molecular formula is C29H24N2+2. The number of pyridine rings is 2. The Morgan fingerprint density at radius 1 is 0.548 bits per heavy atom. The van der Waals surface area contributed by atoms with Crippen molar-refractivity contribution in [1.29, 1.82) is 0 Å². The molecule has 148 valence electrons. The van der Waals surface area contributed by atoms with Crippen molar-refractivity contribution in [2.75, 3.05) is 0 Å². The molecule has 6 rings (SSSR count). The van der Waals surface area contributed by atoms with Gasteiger partial charge in [-0.15, -0.1) is 0 Å². The maximum atomic E-state index is 2.29. The summed E-state index contributed by atoms with van der Waals surface area (Å²) in [6.45, 7) is 4.01. The average molecular weight is 401 g/mol. The SMILES string of the molecule is CC[n+]1ccc(-c2cc[n+](Cc3ccc4ccc5cccc6ccc3c4c56)cc2)cc1. The van der Waals surface area contributed by atoms with Gasteiger partial charge in [0.15, 0.2) is 31.3 Å². The van der Waals surface area contributed by atoms with Gasteiger partial charge in [0.1, 0.15) is 6.54 Å². The lowest BCUT2D eigenvalue weighted by atomic mass is 9.92. The van der Waals surface area contributed by atoms with Gasteiger partial charge in [-0.25, -0.2) is 9.13 Å². The zero-order chi connectivity index (χ0) is 20.8. The quantitative estimate of drug-likeness (QED) is 0.257. The number of benzene rings is 4. The Bertz CT molecular complexity index is 1500. The summed E-state index contributed by atoms with van der Waals surface area (Å²) in [6.07, 6.45) is 8.66. The summed E-state index contributed by atoms with van der Waals surface area (Å²) in [6, 6.07) is 29.0. The van der Waals surface area contributed by atoms with Gasteiger partial charge in [-0.2, -0.15) is 0 Å². The summed E-state index contributed by atoms with van der Waals surface area (Å²) in [5.74, 6) is 0. The number of nitrogens with zero attached hydrogens (tertiary/aromatic N) is 2. The summed E-state index contributed by atoms with van der Waals surface area (Å²) >= 11 is 0. The maximum absolute atomic E-state index is 2.29. The van der Waals surface area contributed by atoms with Crippen LogP contribution < -0.4 is 9.13 Å². The highest BCUT2D eigenvalue weighted by molar-refractivity contribution is 6.23. The van der Waals surface area contributed by atoms with Crippen molar-refractivity contribution in [2.24, 2.45) is 0 Å². The minimum absolute atomic E-state index is 0.860. The first-order valence-corrected chi connectivity index (χ1v) is 10.9. The molecular weight excluding hydrogens is 376 g/mol. The van der Waals surface area contributed by atoms with Gasteiger partial charge in [-0.3, -0.25) is 0 Å². The second kappa shape index (κ2) is 7.17. The Balaban J connectivity index is 1.39. The van der Waals surface area contributed by atoms with Crippen molar-refractivity contribution in [1.82, 2.24) is 0 Å². The van der Waals surface area contributed by atoms with Crippen molar-refractivity contribution in [3.05, 3.63) is 109 Å². The van der Waals surface area contributed by atoms with E-state index < -0.39 is 0 Å². The Morgan fingerprint density at radius 3 is 1.74 bits per heavy atom. The molecule has 2 heterocycles. The van der Waals surface area contributed by atoms with Crippen LogP contribution in [0.4, 0.5) is 0 Å². The van der Waals surface area contributed by atoms with Crippen LogP contribution in [0.3, 0.4) is 0 Å². The molecule has 0 saturated carbocycles. The van der Waals surface area contributed by atoms with Gasteiger partial charge in [0.2, 0.25) is 0 Å². The molecule has 4 aromatic carbocycles. The van der Waals surface area contributed by atoms with Crippen molar-refractivity contribution in [3.63, 3.8) is 0 Å². The highest BCUT2D eigenvalue weighted by Crippen LogP contribution is 2.35. The highest BCUT2D eigenvalue weighted by atomic mass is 14.9. The van der Waals surface area contributed by atoms with E-state index in [0.717, 1.165) is 13.1 Å². The van der Waals surface area contributed by atoms with Gasteiger partial charge in [-0.05, 0) is 50.4 Å². The molecule has 6 aromatic rings. The molecule has 0 aliphatic carbocycles. The van der Waals surface area contributed by atoms with E-state index in [4.69, 9.17) is 0 Å². The monoisotopic (exact) mass is 400 g/mol. The van der Waals surface area contributed by atoms with Crippen molar-refractivity contribution < 1.29 is 9.13 Å². The summed E-state index contributed by atoms with van der Waals surface area (Å²) in [5.41, 5.74) is 3.85. The third kappa shape index (κ3) is 3.03. The van der Waals surface area contributed by atoms with Crippen LogP contribution in [0.1, 0.15) is 12.5 Å². The zero-order valence-corrected chi connectivity index (χ0v) is 17.6. The summed E-state index contributed by atoms with van der Waals surface area (Å²) in [4.78, 5) is 0. The van der Waals surface area contributed by atoms with Crippen LogP contribution in [0.5, 0.6) is 0 Å². The van der Waals surface area contributed by atoms with Gasteiger partial charge in [-0.1, -0.05) is 54.6 Å². The van der Waals surface area contributed by atoms with E-state index >= 15 is 0 Å². The molecule has 2 aromatic heterocycles. The lowest BCUT2D eigenvalue weighted by Crippen LogP contribution is -2.33. The van der Waals surface area contributed by atoms with Crippen LogP contribution in [0.25, 0.3) is 43.4 Å². The molecule has 0 amide bonds. The van der Waals surface area contributed by atoms with Crippen molar-refractivity contribution in [2.45, 2.75) is 20.0 Å². The van der Waals surface area contributed by atoms with Crippen LogP contribution in [-0.4, -0.2) is 0 Å². The smallest absolute Gasteiger partial charge is 0.174 e. The number of rotatable bonds is 4. The first-order valence-electron chi connectivity index (χ1n) is 10.9. The van der Waals surface area contributed by atoms with E-state index in [9.17, 15) is 0 Å². The minimum Gasteiger partial charge on any atom is -0.205 e. The fourth-order valence-electron chi connectivity index (χ4n) is 4.75. The molecule has 0 radical (unpaired) electrons. The molecule has 0 spiro atoms. The Labute approximate surface area is 182 Å². The number of aromatic nitrogens is 2. The Kier molecular flexibility index (Phi) is 4.17. The first-order chi connectivity index (χ1) is 15.3. The van der Waals surface area contributed by atoms with E-state index in [1.54, 1.807) is 0 Å². The molecule has 0 saturated heterocycles. The predicted octanol–water partition coefficient (Wildman–Crippen LogP) is 5.89. The maximum Gasteiger partial charge on any atom is 0.174 e. The van der Waals surface area contributed by atoms with E-state index in [1.165, 1.54) is 49.0 Å². The fraction of sp³-hybridized carbons (Fsp3) is 0.103. The molecule has 2 nitrogen and oxygen atoms in total. The fourth-order valence-corrected chi connectivity index (χ4v) is 4.75. The van der Waals surface area contributed by atoms with E-state index in [-0.39, 0.29) is 0 Å². The van der Waals surface area contributed by atoms with Gasteiger partial charge in [0.05, 0.1) is 0 Å². The second-order valence-corrected chi connectivity index (χ2v) is 8.26. The molecule has 31 heavy (non-hydrogen) atoms. The van der Waals surface area contributed by atoms with Gasteiger partial charge < -0.3 is 0 Å². The molecule has 0 aliphatic heterocycles. The minimum atomic E-state index is 0.860. The lowest BCUT2D eigenvalue weighted by molar-refractivity contribution is -0.693. The molecule has 0 aliphatic rings.